The van der Waals surface area contributed by atoms with Crippen molar-refractivity contribution in [3.8, 4) is 5.75 Å². The fraction of sp³-hybridized carbons (Fsp3) is 0.318. The van der Waals surface area contributed by atoms with Gasteiger partial charge in [0, 0.05) is 25.0 Å². The largest absolute Gasteiger partial charge is 0.497 e. The number of ether oxygens (including phenoxy) is 1. The molecule has 1 saturated heterocycles. The minimum atomic E-state index is -0.373. The molecule has 4 rings (SSSR count). The number of amides is 2. The van der Waals surface area contributed by atoms with Crippen LogP contribution < -0.4 is 10.1 Å². The van der Waals surface area contributed by atoms with E-state index in [1.165, 1.54) is 0 Å². The summed E-state index contributed by atoms with van der Waals surface area (Å²) in [4.78, 5) is 32.3. The third kappa shape index (κ3) is 3.81. The van der Waals surface area contributed by atoms with Crippen molar-refractivity contribution in [3.05, 3.63) is 60.2 Å². The van der Waals surface area contributed by atoms with E-state index in [0.717, 1.165) is 25.9 Å². The number of pyridine rings is 1. The first-order valence-electron chi connectivity index (χ1n) is 9.78. The van der Waals surface area contributed by atoms with Crippen LogP contribution in [0.25, 0.3) is 5.52 Å². The van der Waals surface area contributed by atoms with Crippen molar-refractivity contribution in [2.75, 3.05) is 25.5 Å². The van der Waals surface area contributed by atoms with Gasteiger partial charge in [0.05, 0.1) is 12.6 Å². The fourth-order valence-electron chi connectivity index (χ4n) is 3.58. The average molecular weight is 392 g/mol. The van der Waals surface area contributed by atoms with Crippen molar-refractivity contribution in [1.29, 1.82) is 0 Å². The Morgan fingerprint density at radius 2 is 1.83 bits per heavy atom. The van der Waals surface area contributed by atoms with Crippen LogP contribution >= 0.6 is 0 Å². The van der Waals surface area contributed by atoms with Crippen LogP contribution in [-0.2, 0) is 0 Å². The molecule has 2 aromatic heterocycles. The Labute approximate surface area is 169 Å². The highest BCUT2D eigenvalue weighted by Crippen LogP contribution is 2.22. The number of likely N-dealkylation sites (tertiary alicyclic amines) is 1. The summed E-state index contributed by atoms with van der Waals surface area (Å²) < 4.78 is 6.80. The van der Waals surface area contributed by atoms with E-state index in [1.807, 2.05) is 23.1 Å². The van der Waals surface area contributed by atoms with E-state index in [0.29, 0.717) is 28.6 Å². The highest BCUT2D eigenvalue weighted by molar-refractivity contribution is 6.06. The lowest BCUT2D eigenvalue weighted by Crippen LogP contribution is -2.38. The number of piperidine rings is 1. The van der Waals surface area contributed by atoms with Gasteiger partial charge in [0.1, 0.15) is 5.75 Å². The second kappa shape index (κ2) is 7.95. The molecule has 7 nitrogen and oxygen atoms in total. The van der Waals surface area contributed by atoms with E-state index in [2.05, 4.69) is 17.2 Å². The molecule has 2 amide bonds. The average Bonchev–Trinajstić information content (AvgIpc) is 3.14. The van der Waals surface area contributed by atoms with Gasteiger partial charge in [0.25, 0.3) is 11.8 Å². The Morgan fingerprint density at radius 3 is 2.52 bits per heavy atom. The quantitative estimate of drug-likeness (QED) is 0.738. The Morgan fingerprint density at radius 1 is 1.10 bits per heavy atom. The summed E-state index contributed by atoms with van der Waals surface area (Å²) in [7, 11) is 1.59. The van der Waals surface area contributed by atoms with Crippen LogP contribution in [0.3, 0.4) is 0 Å². The number of methoxy groups -OCH3 is 1. The number of hydrogen-bond donors (Lipinski definition) is 1. The molecule has 3 aromatic rings. The first kappa shape index (κ1) is 19.0. The molecule has 1 aliphatic rings. The normalized spacial score (nSPS) is 14.8. The predicted molar refractivity (Wildman–Crippen MR) is 110 cm³/mol. The summed E-state index contributed by atoms with van der Waals surface area (Å²) in [6.45, 7) is 3.65. The lowest BCUT2D eigenvalue weighted by Gasteiger charge is -2.29. The summed E-state index contributed by atoms with van der Waals surface area (Å²) >= 11 is 0. The van der Waals surface area contributed by atoms with E-state index in [-0.39, 0.29) is 17.6 Å². The number of aromatic nitrogens is 2. The van der Waals surface area contributed by atoms with Crippen molar-refractivity contribution < 1.29 is 14.3 Å². The molecular formula is C22H24N4O3. The summed E-state index contributed by atoms with van der Waals surface area (Å²) in [6, 6.07) is 12.5. The molecule has 29 heavy (non-hydrogen) atoms. The van der Waals surface area contributed by atoms with Crippen molar-refractivity contribution >= 4 is 23.0 Å². The molecule has 1 N–H and O–H groups in total. The number of anilines is 1. The number of hydrogen-bond acceptors (Lipinski definition) is 4. The second-order valence-electron chi connectivity index (χ2n) is 7.40. The molecule has 1 fully saturated rings. The van der Waals surface area contributed by atoms with Crippen LogP contribution in [0.15, 0.2) is 48.7 Å². The molecule has 0 atom stereocenters. The van der Waals surface area contributed by atoms with Crippen LogP contribution in [0.2, 0.25) is 0 Å². The lowest BCUT2D eigenvalue weighted by molar-refractivity contribution is 0.0694. The Balaban J connectivity index is 1.63. The molecule has 0 radical (unpaired) electrons. The molecule has 3 heterocycles. The summed E-state index contributed by atoms with van der Waals surface area (Å²) in [6.07, 6.45) is 3.73. The zero-order valence-corrected chi connectivity index (χ0v) is 16.6. The van der Waals surface area contributed by atoms with Crippen LogP contribution in [-0.4, -0.2) is 46.3 Å². The Hall–Kier alpha value is -3.35. The number of carbonyl (C=O) groups excluding carboxylic acids is 2. The fourth-order valence-corrected chi connectivity index (χ4v) is 3.58. The zero-order valence-electron chi connectivity index (χ0n) is 16.6. The predicted octanol–water partition coefficient (Wildman–Crippen LogP) is 3.47. The molecule has 1 aliphatic heterocycles. The number of nitrogens with zero attached hydrogens (tertiary/aromatic N) is 3. The number of nitrogens with one attached hydrogen (secondary N) is 1. The molecule has 150 valence electrons. The van der Waals surface area contributed by atoms with E-state index in [1.54, 1.807) is 42.0 Å². The molecule has 0 bridgehead atoms. The third-order valence-corrected chi connectivity index (χ3v) is 5.37. The molecular weight excluding hydrogens is 368 g/mol. The van der Waals surface area contributed by atoms with Gasteiger partial charge < -0.3 is 15.0 Å². The van der Waals surface area contributed by atoms with Gasteiger partial charge in [0.2, 0.25) is 5.82 Å². The van der Waals surface area contributed by atoms with Crippen LogP contribution in [0.1, 0.15) is 40.9 Å². The zero-order chi connectivity index (χ0) is 20.4. The van der Waals surface area contributed by atoms with Gasteiger partial charge in [-0.2, -0.15) is 0 Å². The first-order chi connectivity index (χ1) is 14.1. The van der Waals surface area contributed by atoms with Gasteiger partial charge in [-0.15, -0.1) is 0 Å². The van der Waals surface area contributed by atoms with Crippen molar-refractivity contribution in [2.45, 2.75) is 19.8 Å². The molecule has 0 aliphatic carbocycles. The third-order valence-electron chi connectivity index (χ3n) is 5.37. The van der Waals surface area contributed by atoms with Crippen molar-refractivity contribution in [3.63, 3.8) is 0 Å². The van der Waals surface area contributed by atoms with Crippen LogP contribution in [0, 0.1) is 5.92 Å². The van der Waals surface area contributed by atoms with Gasteiger partial charge in [0.15, 0.2) is 5.69 Å². The van der Waals surface area contributed by atoms with Crippen LogP contribution in [0.4, 0.5) is 5.69 Å². The van der Waals surface area contributed by atoms with Gasteiger partial charge >= 0.3 is 0 Å². The topological polar surface area (TPSA) is 75.9 Å². The number of carbonyl (C=O) groups is 2. The summed E-state index contributed by atoms with van der Waals surface area (Å²) in [5.74, 6) is 1.03. The van der Waals surface area contributed by atoms with Gasteiger partial charge in [-0.05, 0) is 55.2 Å². The number of fused-ring (bicyclic) bond motifs is 1. The molecule has 0 unspecified atom stereocenters. The van der Waals surface area contributed by atoms with Gasteiger partial charge in [-0.1, -0.05) is 13.0 Å². The van der Waals surface area contributed by atoms with E-state index < -0.39 is 0 Å². The first-order valence-corrected chi connectivity index (χ1v) is 9.78. The van der Waals surface area contributed by atoms with Gasteiger partial charge in [-0.3, -0.25) is 14.0 Å². The molecule has 0 saturated carbocycles. The maximum absolute atomic E-state index is 13.1. The summed E-state index contributed by atoms with van der Waals surface area (Å²) in [5, 5.41) is 2.84. The monoisotopic (exact) mass is 392 g/mol. The minimum absolute atomic E-state index is 0.121. The number of benzene rings is 1. The number of imidazole rings is 1. The standard InChI is InChI=1S/C22H24N4O3/c1-15-10-13-25(14-11-15)22(28)19-18-5-3-4-12-26(18)20(24-19)21(27)23-16-6-8-17(29-2)9-7-16/h3-9,12,15H,10-11,13-14H2,1-2H3,(H,23,27). The maximum Gasteiger partial charge on any atom is 0.292 e. The SMILES string of the molecule is COc1ccc(NC(=O)c2nc(C(=O)N3CCC(C)CC3)c3ccccn23)cc1. The molecule has 1 aromatic carbocycles. The van der Waals surface area contributed by atoms with Crippen molar-refractivity contribution in [2.24, 2.45) is 5.92 Å². The van der Waals surface area contributed by atoms with E-state index in [4.69, 9.17) is 4.74 Å². The molecule has 0 spiro atoms. The van der Waals surface area contributed by atoms with E-state index >= 15 is 0 Å². The highest BCUT2D eigenvalue weighted by Gasteiger charge is 2.27. The maximum atomic E-state index is 13.1. The Kier molecular flexibility index (Phi) is 5.20. The van der Waals surface area contributed by atoms with Crippen molar-refractivity contribution in [1.82, 2.24) is 14.3 Å². The van der Waals surface area contributed by atoms with Gasteiger partial charge in [-0.25, -0.2) is 4.98 Å². The minimum Gasteiger partial charge on any atom is -0.497 e. The Bertz CT molecular complexity index is 1030. The smallest absolute Gasteiger partial charge is 0.292 e. The number of rotatable bonds is 4. The van der Waals surface area contributed by atoms with E-state index in [9.17, 15) is 9.59 Å². The summed E-state index contributed by atoms with van der Waals surface area (Å²) in [5.41, 5.74) is 1.58. The lowest BCUT2D eigenvalue weighted by atomic mass is 9.99. The second-order valence-corrected chi connectivity index (χ2v) is 7.40. The molecule has 7 heteroatoms. The van der Waals surface area contributed by atoms with Crippen LogP contribution in [0.5, 0.6) is 5.75 Å². The highest BCUT2D eigenvalue weighted by atomic mass is 16.5.